The van der Waals surface area contributed by atoms with E-state index in [0.717, 1.165) is 13.0 Å². The normalized spacial score (nSPS) is 15.2. The highest BCUT2D eigenvalue weighted by atomic mass is 16.5. The van der Waals surface area contributed by atoms with Gasteiger partial charge in [-0.05, 0) is 39.7 Å². The number of rotatable bonds is 9. The van der Waals surface area contributed by atoms with Crippen molar-refractivity contribution in [2.45, 2.75) is 52.7 Å². The van der Waals surface area contributed by atoms with Crippen molar-refractivity contribution in [3.63, 3.8) is 0 Å². The van der Waals surface area contributed by atoms with Crippen molar-refractivity contribution in [1.82, 2.24) is 4.90 Å². The number of ether oxygens (including phenoxy) is 1. The first-order chi connectivity index (χ1) is 7.88. The summed E-state index contributed by atoms with van der Waals surface area (Å²) in [6.45, 7) is 9.60. The van der Waals surface area contributed by atoms with Crippen molar-refractivity contribution in [3.8, 4) is 0 Å². The van der Waals surface area contributed by atoms with Crippen LogP contribution < -0.4 is 0 Å². The fourth-order valence-corrected chi connectivity index (χ4v) is 1.88. The quantitative estimate of drug-likeness (QED) is 0.677. The summed E-state index contributed by atoms with van der Waals surface area (Å²) in [6, 6.07) is 0.478. The molecule has 0 saturated carbocycles. The SMILES string of the molecule is CCOC(CCN(C)C(C)CC(C)C)C(=O)O. The van der Waals surface area contributed by atoms with Crippen molar-refractivity contribution in [2.75, 3.05) is 20.2 Å². The Morgan fingerprint density at radius 1 is 1.35 bits per heavy atom. The summed E-state index contributed by atoms with van der Waals surface area (Å²) in [5.41, 5.74) is 0. The predicted octanol–water partition coefficient (Wildman–Crippen LogP) is 2.23. The highest BCUT2D eigenvalue weighted by Gasteiger charge is 2.19. The van der Waals surface area contributed by atoms with Crippen LogP contribution in [0.3, 0.4) is 0 Å². The van der Waals surface area contributed by atoms with Gasteiger partial charge in [0.15, 0.2) is 6.10 Å². The molecule has 4 heteroatoms. The van der Waals surface area contributed by atoms with E-state index in [1.807, 2.05) is 14.0 Å². The molecule has 4 nitrogen and oxygen atoms in total. The lowest BCUT2D eigenvalue weighted by Crippen LogP contribution is -2.35. The van der Waals surface area contributed by atoms with Gasteiger partial charge in [0.25, 0.3) is 0 Å². The Labute approximate surface area is 105 Å². The van der Waals surface area contributed by atoms with Gasteiger partial charge in [-0.25, -0.2) is 4.79 Å². The minimum atomic E-state index is -0.864. The van der Waals surface area contributed by atoms with Gasteiger partial charge in [-0.15, -0.1) is 0 Å². The molecule has 0 rings (SSSR count). The van der Waals surface area contributed by atoms with Crippen LogP contribution >= 0.6 is 0 Å². The lowest BCUT2D eigenvalue weighted by atomic mass is 10.0. The first-order valence-electron chi connectivity index (χ1n) is 6.43. The second-order valence-corrected chi connectivity index (χ2v) is 5.03. The maximum absolute atomic E-state index is 10.9. The van der Waals surface area contributed by atoms with Crippen molar-refractivity contribution in [2.24, 2.45) is 5.92 Å². The number of carboxylic acids is 1. The van der Waals surface area contributed by atoms with Crippen LogP contribution in [0, 0.1) is 5.92 Å². The zero-order valence-corrected chi connectivity index (χ0v) is 11.8. The first kappa shape index (κ1) is 16.4. The van der Waals surface area contributed by atoms with E-state index in [9.17, 15) is 4.79 Å². The molecule has 0 saturated heterocycles. The van der Waals surface area contributed by atoms with Gasteiger partial charge in [-0.3, -0.25) is 0 Å². The Balaban J connectivity index is 4.02. The molecule has 2 atom stereocenters. The van der Waals surface area contributed by atoms with E-state index in [4.69, 9.17) is 9.84 Å². The molecule has 0 bridgehead atoms. The van der Waals surface area contributed by atoms with Gasteiger partial charge in [0.1, 0.15) is 0 Å². The molecule has 102 valence electrons. The summed E-state index contributed by atoms with van der Waals surface area (Å²) >= 11 is 0. The van der Waals surface area contributed by atoms with Gasteiger partial charge in [0.05, 0.1) is 0 Å². The zero-order valence-electron chi connectivity index (χ0n) is 11.8. The number of aliphatic carboxylic acids is 1. The van der Waals surface area contributed by atoms with E-state index in [-0.39, 0.29) is 0 Å². The largest absolute Gasteiger partial charge is 0.479 e. The molecule has 2 unspecified atom stereocenters. The van der Waals surface area contributed by atoms with Gasteiger partial charge in [-0.1, -0.05) is 13.8 Å². The highest BCUT2D eigenvalue weighted by molar-refractivity contribution is 5.72. The van der Waals surface area contributed by atoms with E-state index in [2.05, 4.69) is 25.7 Å². The lowest BCUT2D eigenvalue weighted by Gasteiger charge is -2.27. The summed E-state index contributed by atoms with van der Waals surface area (Å²) in [5, 5.41) is 8.96. The Morgan fingerprint density at radius 2 is 1.94 bits per heavy atom. The summed E-state index contributed by atoms with van der Waals surface area (Å²) in [6.07, 6.45) is 0.999. The summed E-state index contributed by atoms with van der Waals surface area (Å²) in [7, 11) is 2.04. The van der Waals surface area contributed by atoms with Crippen LogP contribution in [0.15, 0.2) is 0 Å². The van der Waals surface area contributed by atoms with Gasteiger partial charge >= 0.3 is 5.97 Å². The molecule has 0 aromatic rings. The monoisotopic (exact) mass is 245 g/mol. The third kappa shape index (κ3) is 7.34. The van der Waals surface area contributed by atoms with Gasteiger partial charge < -0.3 is 14.7 Å². The van der Waals surface area contributed by atoms with Crippen LogP contribution in [0.2, 0.25) is 0 Å². The molecule has 0 aliphatic rings. The third-order valence-corrected chi connectivity index (χ3v) is 2.95. The van der Waals surface area contributed by atoms with Crippen molar-refractivity contribution in [1.29, 1.82) is 0 Å². The van der Waals surface area contributed by atoms with Crippen LogP contribution in [0.25, 0.3) is 0 Å². The van der Waals surface area contributed by atoms with Gasteiger partial charge in [-0.2, -0.15) is 0 Å². The number of hydrogen-bond acceptors (Lipinski definition) is 3. The van der Waals surface area contributed by atoms with E-state index in [0.29, 0.717) is 25.0 Å². The highest BCUT2D eigenvalue weighted by Crippen LogP contribution is 2.11. The minimum absolute atomic E-state index is 0.447. The van der Waals surface area contributed by atoms with E-state index in [1.165, 1.54) is 0 Å². The molecular formula is C13H27NO3. The maximum atomic E-state index is 10.9. The smallest absolute Gasteiger partial charge is 0.332 e. The Bertz CT molecular complexity index is 219. The second-order valence-electron chi connectivity index (χ2n) is 5.03. The molecule has 17 heavy (non-hydrogen) atoms. The van der Waals surface area contributed by atoms with E-state index in [1.54, 1.807) is 0 Å². The maximum Gasteiger partial charge on any atom is 0.332 e. The van der Waals surface area contributed by atoms with Gasteiger partial charge in [0, 0.05) is 19.2 Å². The molecule has 0 spiro atoms. The van der Waals surface area contributed by atoms with Gasteiger partial charge in [0.2, 0.25) is 0 Å². The molecular weight excluding hydrogens is 218 g/mol. The molecule has 0 amide bonds. The molecule has 0 aliphatic heterocycles. The molecule has 0 aromatic heterocycles. The number of hydrogen-bond donors (Lipinski definition) is 1. The van der Waals surface area contributed by atoms with Crippen LogP contribution in [-0.2, 0) is 9.53 Å². The third-order valence-electron chi connectivity index (χ3n) is 2.95. The minimum Gasteiger partial charge on any atom is -0.479 e. The van der Waals surface area contributed by atoms with Crippen LogP contribution in [-0.4, -0.2) is 48.3 Å². The summed E-state index contributed by atoms with van der Waals surface area (Å²) in [4.78, 5) is 13.1. The first-order valence-corrected chi connectivity index (χ1v) is 6.43. The number of carboxylic acid groups (broad SMARTS) is 1. The fourth-order valence-electron chi connectivity index (χ4n) is 1.88. The molecule has 0 aromatic carbocycles. The standard InChI is InChI=1S/C13H27NO3/c1-6-17-12(13(15)16)7-8-14(5)11(4)9-10(2)3/h10-12H,6-9H2,1-5H3,(H,15,16). The molecule has 1 N–H and O–H groups in total. The molecule has 0 fully saturated rings. The molecule has 0 heterocycles. The topological polar surface area (TPSA) is 49.8 Å². The Hall–Kier alpha value is -0.610. The van der Waals surface area contributed by atoms with Crippen LogP contribution in [0.4, 0.5) is 0 Å². The average molecular weight is 245 g/mol. The average Bonchev–Trinajstić information content (AvgIpc) is 2.22. The fraction of sp³-hybridized carbons (Fsp3) is 0.923. The van der Waals surface area contributed by atoms with Crippen molar-refractivity contribution < 1.29 is 14.6 Å². The van der Waals surface area contributed by atoms with Crippen LogP contribution in [0.5, 0.6) is 0 Å². The Morgan fingerprint density at radius 3 is 2.35 bits per heavy atom. The summed E-state index contributed by atoms with van der Waals surface area (Å²) in [5.74, 6) is -0.202. The lowest BCUT2D eigenvalue weighted by molar-refractivity contribution is -0.150. The second kappa shape index (κ2) is 8.48. The zero-order chi connectivity index (χ0) is 13.4. The molecule has 0 radical (unpaired) electrons. The summed E-state index contributed by atoms with van der Waals surface area (Å²) < 4.78 is 5.19. The van der Waals surface area contributed by atoms with Crippen LogP contribution in [0.1, 0.15) is 40.5 Å². The Kier molecular flexibility index (Phi) is 8.17. The number of carbonyl (C=O) groups is 1. The van der Waals surface area contributed by atoms with Crippen molar-refractivity contribution in [3.05, 3.63) is 0 Å². The number of nitrogens with zero attached hydrogens (tertiary/aromatic N) is 1. The molecule has 0 aliphatic carbocycles. The predicted molar refractivity (Wildman–Crippen MR) is 69.2 cm³/mol. The van der Waals surface area contributed by atoms with E-state index < -0.39 is 12.1 Å². The van der Waals surface area contributed by atoms with Crippen molar-refractivity contribution >= 4 is 5.97 Å². The van der Waals surface area contributed by atoms with E-state index >= 15 is 0 Å².